The number of phenolic OH excluding ortho intramolecular Hbond substituents is 1. The third-order valence-corrected chi connectivity index (χ3v) is 4.22. The van der Waals surface area contributed by atoms with Crippen molar-refractivity contribution in [2.24, 2.45) is 10.2 Å². The molecule has 0 bridgehead atoms. The van der Waals surface area contributed by atoms with Gasteiger partial charge >= 0.3 is 0 Å². The number of rotatable bonds is 4. The van der Waals surface area contributed by atoms with Crippen LogP contribution in [-0.2, 0) is 6.54 Å². The van der Waals surface area contributed by atoms with Gasteiger partial charge in [0.1, 0.15) is 5.75 Å². The van der Waals surface area contributed by atoms with Crippen LogP contribution in [0.25, 0.3) is 11.3 Å². The van der Waals surface area contributed by atoms with E-state index >= 15 is 0 Å². The lowest BCUT2D eigenvalue weighted by Gasteiger charge is -2.00. The molecule has 0 amide bonds. The monoisotopic (exact) mass is 373 g/mol. The maximum absolute atomic E-state index is 9.75. The zero-order chi connectivity index (χ0) is 15.4. The third-order valence-electron chi connectivity index (χ3n) is 3.00. The van der Waals surface area contributed by atoms with E-state index in [4.69, 9.17) is 0 Å². The van der Waals surface area contributed by atoms with Crippen molar-refractivity contribution in [1.29, 1.82) is 0 Å². The number of hydrogen-bond acceptors (Lipinski definition) is 5. The second kappa shape index (κ2) is 6.81. The van der Waals surface area contributed by atoms with Gasteiger partial charge in [-0.1, -0.05) is 46.3 Å². The van der Waals surface area contributed by atoms with Crippen molar-refractivity contribution in [3.8, 4) is 17.0 Å². The third kappa shape index (κ3) is 3.58. The number of azo groups is 1. The van der Waals surface area contributed by atoms with E-state index in [-0.39, 0.29) is 5.75 Å². The summed E-state index contributed by atoms with van der Waals surface area (Å²) in [5.41, 5.74) is 2.67. The summed E-state index contributed by atoms with van der Waals surface area (Å²) >= 11 is 4.81. The molecule has 4 nitrogen and oxygen atoms in total. The highest BCUT2D eigenvalue weighted by Crippen LogP contribution is 2.27. The summed E-state index contributed by atoms with van der Waals surface area (Å²) in [4.78, 5) is 4.44. The average Bonchev–Trinajstić information content (AvgIpc) is 3.00. The summed E-state index contributed by atoms with van der Waals surface area (Å²) < 4.78 is 0.899. The number of aromatic hydroxyl groups is 1. The number of benzene rings is 2. The fourth-order valence-corrected chi connectivity index (χ4v) is 2.97. The van der Waals surface area contributed by atoms with Gasteiger partial charge in [0.15, 0.2) is 0 Å². The summed E-state index contributed by atoms with van der Waals surface area (Å²) in [7, 11) is 0. The Morgan fingerprint density at radius 2 is 1.95 bits per heavy atom. The lowest BCUT2D eigenvalue weighted by atomic mass is 10.2. The van der Waals surface area contributed by atoms with Gasteiger partial charge in [0.2, 0.25) is 5.13 Å². The van der Waals surface area contributed by atoms with Crippen molar-refractivity contribution < 1.29 is 5.11 Å². The molecule has 0 saturated heterocycles. The smallest absolute Gasteiger partial charge is 0.230 e. The standard InChI is InChI=1S/C16H12BrN3OS/c17-13-6-7-15(21)12(8-13)9-18-20-16-19-14(10-22-16)11-4-2-1-3-5-11/h1-8,10,21H,9H2. The van der Waals surface area contributed by atoms with E-state index in [1.807, 2.05) is 41.8 Å². The van der Waals surface area contributed by atoms with Crippen LogP contribution in [0, 0.1) is 0 Å². The van der Waals surface area contributed by atoms with E-state index in [2.05, 4.69) is 31.1 Å². The first-order valence-corrected chi connectivity index (χ1v) is 8.25. The van der Waals surface area contributed by atoms with Crippen molar-refractivity contribution in [2.45, 2.75) is 6.54 Å². The Kier molecular flexibility index (Phi) is 4.60. The topological polar surface area (TPSA) is 57.8 Å². The first-order valence-electron chi connectivity index (χ1n) is 6.58. The Morgan fingerprint density at radius 3 is 2.77 bits per heavy atom. The summed E-state index contributed by atoms with van der Waals surface area (Å²) in [5.74, 6) is 0.214. The van der Waals surface area contributed by atoms with E-state index in [0.717, 1.165) is 21.3 Å². The molecule has 110 valence electrons. The van der Waals surface area contributed by atoms with Crippen molar-refractivity contribution in [2.75, 3.05) is 0 Å². The molecular weight excluding hydrogens is 362 g/mol. The molecule has 22 heavy (non-hydrogen) atoms. The molecule has 0 saturated carbocycles. The lowest BCUT2D eigenvalue weighted by Crippen LogP contribution is -1.82. The fraction of sp³-hybridized carbons (Fsp3) is 0.0625. The zero-order valence-corrected chi connectivity index (χ0v) is 13.9. The molecule has 0 unspecified atom stereocenters. The molecule has 0 spiro atoms. The van der Waals surface area contributed by atoms with Crippen LogP contribution in [-0.4, -0.2) is 10.1 Å². The van der Waals surface area contributed by atoms with Crippen LogP contribution in [0.5, 0.6) is 5.75 Å². The van der Waals surface area contributed by atoms with Crippen LogP contribution in [0.2, 0.25) is 0 Å². The number of aromatic nitrogens is 1. The summed E-state index contributed by atoms with van der Waals surface area (Å²) in [6.45, 7) is 0.311. The van der Waals surface area contributed by atoms with Gasteiger partial charge in [-0.3, -0.25) is 0 Å². The molecule has 0 atom stereocenters. The minimum absolute atomic E-state index is 0.214. The van der Waals surface area contributed by atoms with Crippen LogP contribution in [0.15, 0.2) is 68.6 Å². The summed E-state index contributed by atoms with van der Waals surface area (Å²) in [6.07, 6.45) is 0. The Bertz CT molecular complexity index is 802. The van der Waals surface area contributed by atoms with Gasteiger partial charge < -0.3 is 5.11 Å². The van der Waals surface area contributed by atoms with E-state index in [1.54, 1.807) is 12.1 Å². The van der Waals surface area contributed by atoms with Gasteiger partial charge in [0.05, 0.1) is 12.2 Å². The van der Waals surface area contributed by atoms with Gasteiger partial charge in [0, 0.05) is 21.0 Å². The van der Waals surface area contributed by atoms with E-state index in [0.29, 0.717) is 11.7 Å². The second-order valence-electron chi connectivity index (χ2n) is 4.55. The molecule has 6 heteroatoms. The molecule has 0 radical (unpaired) electrons. The lowest BCUT2D eigenvalue weighted by molar-refractivity contribution is 0.468. The van der Waals surface area contributed by atoms with Crippen molar-refractivity contribution in [1.82, 2.24) is 4.98 Å². The first-order chi connectivity index (χ1) is 10.7. The van der Waals surface area contributed by atoms with Gasteiger partial charge in [-0.15, -0.1) is 16.5 Å². The van der Waals surface area contributed by atoms with Crippen LogP contribution >= 0.6 is 27.3 Å². The zero-order valence-electron chi connectivity index (χ0n) is 11.5. The minimum atomic E-state index is 0.214. The quantitative estimate of drug-likeness (QED) is 0.608. The Balaban J connectivity index is 1.71. The molecule has 1 aromatic heterocycles. The SMILES string of the molecule is Oc1ccc(Br)cc1CN=Nc1nc(-c2ccccc2)cs1. The van der Waals surface area contributed by atoms with E-state index in [1.165, 1.54) is 11.3 Å². The molecule has 0 aliphatic heterocycles. The summed E-state index contributed by atoms with van der Waals surface area (Å²) in [6, 6.07) is 15.2. The van der Waals surface area contributed by atoms with Crippen LogP contribution in [0.3, 0.4) is 0 Å². The van der Waals surface area contributed by atoms with Crippen LogP contribution < -0.4 is 0 Å². The molecule has 1 N–H and O–H groups in total. The van der Waals surface area contributed by atoms with Crippen LogP contribution in [0.4, 0.5) is 5.13 Å². The number of phenols is 1. The molecule has 2 aromatic carbocycles. The fourth-order valence-electron chi connectivity index (χ4n) is 1.90. The molecular formula is C16H12BrN3OS. The molecule has 3 aromatic rings. The Hall–Kier alpha value is -2.05. The molecule has 0 fully saturated rings. The number of nitrogens with zero attached hydrogens (tertiary/aromatic N) is 3. The molecule has 1 heterocycles. The van der Waals surface area contributed by atoms with Crippen LogP contribution in [0.1, 0.15) is 5.56 Å². The van der Waals surface area contributed by atoms with Gasteiger partial charge in [-0.05, 0) is 18.2 Å². The highest BCUT2D eigenvalue weighted by Gasteiger charge is 2.04. The average molecular weight is 374 g/mol. The Labute approximate surface area is 140 Å². The predicted molar refractivity (Wildman–Crippen MR) is 91.6 cm³/mol. The predicted octanol–water partition coefficient (Wildman–Crippen LogP) is 5.56. The number of hydrogen-bond donors (Lipinski definition) is 1. The molecule has 0 aliphatic rings. The first kappa shape index (κ1) is 14.9. The van der Waals surface area contributed by atoms with Crippen molar-refractivity contribution in [3.05, 3.63) is 63.9 Å². The van der Waals surface area contributed by atoms with E-state index in [9.17, 15) is 5.11 Å². The highest BCUT2D eigenvalue weighted by atomic mass is 79.9. The maximum atomic E-state index is 9.75. The van der Waals surface area contributed by atoms with E-state index < -0.39 is 0 Å². The maximum Gasteiger partial charge on any atom is 0.230 e. The summed E-state index contributed by atoms with van der Waals surface area (Å²) in [5, 5.41) is 20.6. The van der Waals surface area contributed by atoms with Gasteiger partial charge in [0.25, 0.3) is 0 Å². The second-order valence-corrected chi connectivity index (χ2v) is 6.31. The molecule has 3 rings (SSSR count). The van der Waals surface area contributed by atoms with Gasteiger partial charge in [-0.2, -0.15) is 5.11 Å². The largest absolute Gasteiger partial charge is 0.508 e. The van der Waals surface area contributed by atoms with Gasteiger partial charge in [-0.25, -0.2) is 4.98 Å². The number of halogens is 1. The van der Waals surface area contributed by atoms with Crippen molar-refractivity contribution in [3.63, 3.8) is 0 Å². The normalized spacial score (nSPS) is 11.1. The highest BCUT2D eigenvalue weighted by molar-refractivity contribution is 9.10. The van der Waals surface area contributed by atoms with Crippen molar-refractivity contribution >= 4 is 32.4 Å². The minimum Gasteiger partial charge on any atom is -0.508 e. The number of thiazole rings is 1. The Morgan fingerprint density at radius 1 is 1.14 bits per heavy atom. The molecule has 0 aliphatic carbocycles.